The summed E-state index contributed by atoms with van der Waals surface area (Å²) in [6, 6.07) is 3.87. The number of anilines is 1. The van der Waals surface area contributed by atoms with Gasteiger partial charge in [-0.1, -0.05) is 11.6 Å². The number of non-ortho nitro benzene ring substituents is 1. The van der Waals surface area contributed by atoms with E-state index in [0.29, 0.717) is 5.69 Å². The van der Waals surface area contributed by atoms with Crippen LogP contribution < -0.4 is 5.32 Å². The van der Waals surface area contributed by atoms with Crippen LogP contribution in [-0.2, 0) is 9.53 Å². The zero-order valence-corrected chi connectivity index (χ0v) is 10.2. The normalized spacial score (nSPS) is 11.9. The first-order valence-electron chi connectivity index (χ1n) is 4.89. The zero-order chi connectivity index (χ0) is 13.7. The minimum Gasteiger partial charge on any atom is -0.479 e. The Balaban J connectivity index is 2.74. The van der Waals surface area contributed by atoms with E-state index >= 15 is 0 Å². The summed E-state index contributed by atoms with van der Waals surface area (Å²) in [5.74, 6) is -1.11. The van der Waals surface area contributed by atoms with Crippen LogP contribution in [0.5, 0.6) is 0 Å². The number of nitrogens with one attached hydrogen (secondary N) is 1. The van der Waals surface area contributed by atoms with E-state index in [2.05, 4.69) is 5.32 Å². The maximum atomic E-state index is 10.7. The lowest BCUT2D eigenvalue weighted by atomic mass is 10.2. The molecule has 0 saturated heterocycles. The second-order valence-electron chi connectivity index (χ2n) is 3.36. The molecule has 0 radical (unpaired) electrons. The summed E-state index contributed by atoms with van der Waals surface area (Å²) in [7, 11) is 1.28. The second kappa shape index (κ2) is 6.18. The van der Waals surface area contributed by atoms with Crippen molar-refractivity contribution in [3.8, 4) is 0 Å². The quantitative estimate of drug-likeness (QED) is 0.605. The van der Waals surface area contributed by atoms with Crippen molar-refractivity contribution in [2.45, 2.75) is 6.10 Å². The number of ether oxygens (including phenoxy) is 1. The largest absolute Gasteiger partial charge is 0.479 e. The van der Waals surface area contributed by atoms with Gasteiger partial charge in [0.25, 0.3) is 5.69 Å². The van der Waals surface area contributed by atoms with Crippen molar-refractivity contribution >= 4 is 28.9 Å². The van der Waals surface area contributed by atoms with Crippen LogP contribution in [0.15, 0.2) is 18.2 Å². The summed E-state index contributed by atoms with van der Waals surface area (Å²) in [4.78, 5) is 20.6. The number of carboxylic acids is 1. The van der Waals surface area contributed by atoms with Gasteiger partial charge in [0.15, 0.2) is 6.10 Å². The van der Waals surface area contributed by atoms with Gasteiger partial charge in [0, 0.05) is 19.2 Å². The third-order valence-corrected chi connectivity index (χ3v) is 2.51. The SMILES string of the molecule is COC(CNc1ccc([N+](=O)[O-])cc1Cl)C(=O)O. The van der Waals surface area contributed by atoms with Crippen LogP contribution in [0.4, 0.5) is 11.4 Å². The number of hydrogen-bond donors (Lipinski definition) is 2. The Morgan fingerprint density at radius 3 is 2.78 bits per heavy atom. The first-order valence-corrected chi connectivity index (χ1v) is 5.27. The predicted octanol–water partition coefficient (Wildman–Crippen LogP) is 1.76. The number of nitro benzene ring substituents is 1. The minimum absolute atomic E-state index is 0.00334. The minimum atomic E-state index is -1.11. The molecule has 8 heteroatoms. The van der Waals surface area contributed by atoms with Crippen LogP contribution in [0.1, 0.15) is 0 Å². The lowest BCUT2D eigenvalue weighted by Crippen LogP contribution is -2.30. The Morgan fingerprint density at radius 2 is 2.33 bits per heavy atom. The number of nitrogens with zero attached hydrogens (tertiary/aromatic N) is 1. The molecule has 0 saturated carbocycles. The molecule has 1 atom stereocenters. The predicted molar refractivity (Wildman–Crippen MR) is 65.0 cm³/mol. The summed E-state index contributed by atoms with van der Waals surface area (Å²) in [6.07, 6.45) is -1.02. The number of rotatable bonds is 6. The Labute approximate surface area is 107 Å². The van der Waals surface area contributed by atoms with Gasteiger partial charge >= 0.3 is 5.97 Å². The monoisotopic (exact) mass is 274 g/mol. The fourth-order valence-electron chi connectivity index (χ4n) is 1.24. The van der Waals surface area contributed by atoms with Crippen LogP contribution in [0.3, 0.4) is 0 Å². The maximum Gasteiger partial charge on any atom is 0.334 e. The second-order valence-corrected chi connectivity index (χ2v) is 3.77. The lowest BCUT2D eigenvalue weighted by molar-refractivity contribution is -0.384. The van der Waals surface area contributed by atoms with Gasteiger partial charge in [0.2, 0.25) is 0 Å². The van der Waals surface area contributed by atoms with Crippen LogP contribution in [0.2, 0.25) is 5.02 Å². The highest BCUT2D eigenvalue weighted by Gasteiger charge is 2.17. The molecule has 7 nitrogen and oxygen atoms in total. The van der Waals surface area contributed by atoms with Gasteiger partial charge in [-0.2, -0.15) is 0 Å². The van der Waals surface area contributed by atoms with Gasteiger partial charge in [-0.15, -0.1) is 0 Å². The molecule has 98 valence electrons. The van der Waals surface area contributed by atoms with E-state index in [9.17, 15) is 14.9 Å². The molecule has 1 aromatic carbocycles. The van der Waals surface area contributed by atoms with Gasteiger partial charge < -0.3 is 15.2 Å². The average molecular weight is 275 g/mol. The number of benzene rings is 1. The summed E-state index contributed by atoms with van der Waals surface area (Å²) in [5.41, 5.74) is 0.276. The molecule has 0 heterocycles. The van der Waals surface area contributed by atoms with Crippen LogP contribution in [0, 0.1) is 10.1 Å². The van der Waals surface area contributed by atoms with E-state index in [1.807, 2.05) is 0 Å². The van der Waals surface area contributed by atoms with Gasteiger partial charge in [0.05, 0.1) is 22.2 Å². The maximum absolute atomic E-state index is 10.7. The summed E-state index contributed by atoms with van der Waals surface area (Å²) in [5, 5.41) is 22.1. The number of methoxy groups -OCH3 is 1. The molecule has 0 aromatic heterocycles. The molecule has 2 N–H and O–H groups in total. The summed E-state index contributed by atoms with van der Waals surface area (Å²) < 4.78 is 4.72. The van der Waals surface area contributed by atoms with Crippen molar-refractivity contribution in [1.29, 1.82) is 0 Å². The molecular weight excluding hydrogens is 264 g/mol. The highest BCUT2D eigenvalue weighted by Crippen LogP contribution is 2.26. The molecule has 0 fully saturated rings. The summed E-state index contributed by atoms with van der Waals surface area (Å²) >= 11 is 5.82. The Morgan fingerprint density at radius 1 is 1.67 bits per heavy atom. The highest BCUT2D eigenvalue weighted by atomic mass is 35.5. The van der Waals surface area contributed by atoms with E-state index < -0.39 is 17.0 Å². The van der Waals surface area contributed by atoms with Gasteiger partial charge in [0.1, 0.15) is 0 Å². The third kappa shape index (κ3) is 3.57. The number of halogens is 1. The molecule has 0 spiro atoms. The fourth-order valence-corrected chi connectivity index (χ4v) is 1.48. The van der Waals surface area contributed by atoms with E-state index in [4.69, 9.17) is 21.4 Å². The van der Waals surface area contributed by atoms with Crippen molar-refractivity contribution in [2.24, 2.45) is 0 Å². The van der Waals surface area contributed by atoms with Gasteiger partial charge in [-0.25, -0.2) is 4.79 Å². The molecule has 1 unspecified atom stereocenters. The fraction of sp³-hybridized carbons (Fsp3) is 0.300. The number of carbonyl (C=O) groups is 1. The number of carboxylic acid groups (broad SMARTS) is 1. The molecule has 0 amide bonds. The molecule has 1 rings (SSSR count). The molecule has 0 aliphatic carbocycles. The lowest BCUT2D eigenvalue weighted by Gasteiger charge is -2.13. The smallest absolute Gasteiger partial charge is 0.334 e. The van der Waals surface area contributed by atoms with E-state index in [1.54, 1.807) is 0 Å². The van der Waals surface area contributed by atoms with Crippen molar-refractivity contribution in [2.75, 3.05) is 19.0 Å². The number of hydrogen-bond acceptors (Lipinski definition) is 5. The van der Waals surface area contributed by atoms with Gasteiger partial charge in [-0.05, 0) is 6.07 Å². The molecular formula is C10H11ClN2O5. The molecule has 18 heavy (non-hydrogen) atoms. The molecule has 0 aliphatic rings. The standard InChI is InChI=1S/C10H11ClN2O5/c1-18-9(10(14)15)5-12-8-3-2-6(13(16)17)4-7(8)11/h2-4,9,12H,5H2,1H3,(H,14,15). The number of aliphatic carboxylic acids is 1. The van der Waals surface area contributed by atoms with E-state index in [0.717, 1.165) is 0 Å². The van der Waals surface area contributed by atoms with Crippen molar-refractivity contribution < 1.29 is 19.6 Å². The van der Waals surface area contributed by atoms with Gasteiger partial charge in [-0.3, -0.25) is 10.1 Å². The average Bonchev–Trinajstić information content (AvgIpc) is 2.30. The van der Waals surface area contributed by atoms with Crippen molar-refractivity contribution in [1.82, 2.24) is 0 Å². The van der Waals surface area contributed by atoms with Crippen LogP contribution in [-0.4, -0.2) is 35.8 Å². The molecule has 0 bridgehead atoms. The Kier molecular flexibility index (Phi) is 4.87. The highest BCUT2D eigenvalue weighted by molar-refractivity contribution is 6.33. The first-order chi connectivity index (χ1) is 8.45. The van der Waals surface area contributed by atoms with Crippen molar-refractivity contribution in [3.05, 3.63) is 33.3 Å². The zero-order valence-electron chi connectivity index (χ0n) is 9.42. The van der Waals surface area contributed by atoms with E-state index in [-0.39, 0.29) is 17.3 Å². The first kappa shape index (κ1) is 14.2. The Bertz CT molecular complexity index is 466. The van der Waals surface area contributed by atoms with Crippen molar-refractivity contribution in [3.63, 3.8) is 0 Å². The molecule has 1 aromatic rings. The van der Waals surface area contributed by atoms with Crippen LogP contribution >= 0.6 is 11.6 Å². The topological polar surface area (TPSA) is 102 Å². The molecule has 0 aliphatic heterocycles. The Hall–Kier alpha value is -1.86. The number of nitro groups is 1. The summed E-state index contributed by atoms with van der Waals surface area (Å²) in [6.45, 7) is 0.00334. The third-order valence-electron chi connectivity index (χ3n) is 2.20. The van der Waals surface area contributed by atoms with E-state index in [1.165, 1.54) is 25.3 Å². The van der Waals surface area contributed by atoms with Crippen LogP contribution in [0.25, 0.3) is 0 Å².